The summed E-state index contributed by atoms with van der Waals surface area (Å²) in [6.07, 6.45) is 11.1. The van der Waals surface area contributed by atoms with Gasteiger partial charge in [0, 0.05) is 47.2 Å². The number of imidazole rings is 1. The van der Waals surface area contributed by atoms with E-state index in [1.54, 1.807) is 6.20 Å². The molecule has 0 fully saturated rings. The standard InChI is InChI=1S/C25H23N9/c1-14(2)30-17-6-16(9-26-10-17)20-7-18-22(11-28-20)32-33-24(18)21-8-19-23(4-5-27-25(19)31-21)34-12-15(3)29-13-34/h4-14,30H,1-3H3,(H,27,31)(H,32,33). The van der Waals surface area contributed by atoms with Crippen LogP contribution >= 0.6 is 0 Å². The highest BCUT2D eigenvalue weighted by atomic mass is 15.1. The molecule has 0 unspecified atom stereocenters. The van der Waals surface area contributed by atoms with Gasteiger partial charge in [-0.15, -0.1) is 0 Å². The van der Waals surface area contributed by atoms with E-state index < -0.39 is 0 Å². The van der Waals surface area contributed by atoms with Gasteiger partial charge in [0.25, 0.3) is 0 Å². The molecule has 0 aromatic carbocycles. The first kappa shape index (κ1) is 20.1. The minimum Gasteiger partial charge on any atom is -0.382 e. The van der Waals surface area contributed by atoms with Crippen LogP contribution < -0.4 is 5.32 Å². The zero-order valence-electron chi connectivity index (χ0n) is 19.0. The number of rotatable bonds is 5. The molecule has 0 aliphatic rings. The molecule has 6 rings (SSSR count). The smallest absolute Gasteiger partial charge is 0.139 e. The average Bonchev–Trinajstić information content (AvgIpc) is 3.55. The zero-order chi connectivity index (χ0) is 23.2. The summed E-state index contributed by atoms with van der Waals surface area (Å²) in [5, 5.41) is 13.0. The Hall–Kier alpha value is -4.53. The van der Waals surface area contributed by atoms with Crippen molar-refractivity contribution in [3.63, 3.8) is 0 Å². The third-order valence-electron chi connectivity index (χ3n) is 5.69. The van der Waals surface area contributed by atoms with Crippen molar-refractivity contribution in [2.75, 3.05) is 5.32 Å². The van der Waals surface area contributed by atoms with Gasteiger partial charge in [0.05, 0.1) is 46.5 Å². The molecule has 0 radical (unpaired) electrons. The summed E-state index contributed by atoms with van der Waals surface area (Å²) in [7, 11) is 0. The minimum atomic E-state index is 0.319. The van der Waals surface area contributed by atoms with Gasteiger partial charge in [-0.3, -0.25) is 15.1 Å². The van der Waals surface area contributed by atoms with Crippen LogP contribution in [0.1, 0.15) is 19.5 Å². The molecule has 6 aromatic heterocycles. The van der Waals surface area contributed by atoms with Gasteiger partial charge >= 0.3 is 0 Å². The molecule has 168 valence electrons. The minimum absolute atomic E-state index is 0.319. The third-order valence-corrected chi connectivity index (χ3v) is 5.69. The van der Waals surface area contributed by atoms with Gasteiger partial charge < -0.3 is 14.9 Å². The molecule has 0 atom stereocenters. The van der Waals surface area contributed by atoms with Crippen molar-refractivity contribution in [1.82, 2.24) is 39.7 Å². The van der Waals surface area contributed by atoms with Crippen molar-refractivity contribution in [2.45, 2.75) is 26.8 Å². The fraction of sp³-hybridized carbons (Fsp3) is 0.160. The Labute approximate surface area is 195 Å². The SMILES string of the molecule is Cc1cn(-c2ccnc3[nH]c(-c4n[nH]c5cnc(-c6cncc(NC(C)C)c6)cc45)cc23)cn1. The van der Waals surface area contributed by atoms with Crippen LogP contribution in [0.25, 0.3) is 50.3 Å². The zero-order valence-corrected chi connectivity index (χ0v) is 19.0. The number of fused-ring (bicyclic) bond motifs is 2. The lowest BCUT2D eigenvalue weighted by molar-refractivity contribution is 0.898. The van der Waals surface area contributed by atoms with Gasteiger partial charge in [-0.2, -0.15) is 5.10 Å². The van der Waals surface area contributed by atoms with Gasteiger partial charge in [-0.05, 0) is 45.0 Å². The molecule has 9 heteroatoms. The molecule has 6 aromatic rings. The highest BCUT2D eigenvalue weighted by Gasteiger charge is 2.15. The molecule has 6 heterocycles. The lowest BCUT2D eigenvalue weighted by Gasteiger charge is -2.10. The van der Waals surface area contributed by atoms with Gasteiger partial charge in [-0.25, -0.2) is 9.97 Å². The topological polar surface area (TPSA) is 113 Å². The highest BCUT2D eigenvalue weighted by molar-refractivity contribution is 5.97. The molecule has 9 nitrogen and oxygen atoms in total. The first-order valence-electron chi connectivity index (χ1n) is 11.1. The molecule has 0 saturated heterocycles. The summed E-state index contributed by atoms with van der Waals surface area (Å²) in [5.41, 5.74) is 8.05. The number of aromatic nitrogens is 8. The first-order valence-corrected chi connectivity index (χ1v) is 11.1. The van der Waals surface area contributed by atoms with Crippen LogP contribution in [0, 0.1) is 6.92 Å². The number of hydrogen-bond donors (Lipinski definition) is 3. The van der Waals surface area contributed by atoms with Crippen molar-refractivity contribution < 1.29 is 0 Å². The summed E-state index contributed by atoms with van der Waals surface area (Å²) < 4.78 is 2.01. The van der Waals surface area contributed by atoms with Gasteiger partial charge in [0.2, 0.25) is 0 Å². The summed E-state index contributed by atoms with van der Waals surface area (Å²) in [6.45, 7) is 6.18. The van der Waals surface area contributed by atoms with E-state index in [2.05, 4.69) is 66.4 Å². The second kappa shape index (κ2) is 7.80. The number of anilines is 1. The molecule has 3 N–H and O–H groups in total. The number of aromatic amines is 2. The Morgan fingerprint density at radius 2 is 1.91 bits per heavy atom. The van der Waals surface area contributed by atoms with Crippen molar-refractivity contribution >= 4 is 27.6 Å². The third kappa shape index (κ3) is 3.47. The Balaban J connectivity index is 1.45. The van der Waals surface area contributed by atoms with E-state index in [9.17, 15) is 0 Å². The predicted octanol–water partition coefficient (Wildman–Crippen LogP) is 4.88. The maximum Gasteiger partial charge on any atom is 0.139 e. The Bertz CT molecular complexity index is 1640. The van der Waals surface area contributed by atoms with Crippen LogP contribution in [0.15, 0.2) is 61.6 Å². The average molecular weight is 450 g/mol. The monoisotopic (exact) mass is 449 g/mol. The lowest BCUT2D eigenvalue weighted by Crippen LogP contribution is -2.09. The molecule has 0 amide bonds. The fourth-order valence-corrected chi connectivity index (χ4v) is 4.19. The molecule has 0 bridgehead atoms. The van der Waals surface area contributed by atoms with E-state index in [1.807, 2.05) is 54.7 Å². The van der Waals surface area contributed by atoms with E-state index in [4.69, 9.17) is 0 Å². The van der Waals surface area contributed by atoms with E-state index in [0.717, 1.165) is 61.7 Å². The maximum atomic E-state index is 4.63. The van der Waals surface area contributed by atoms with E-state index in [0.29, 0.717) is 6.04 Å². The van der Waals surface area contributed by atoms with Crippen LogP contribution in [0.4, 0.5) is 5.69 Å². The van der Waals surface area contributed by atoms with Crippen LogP contribution in [-0.4, -0.2) is 45.7 Å². The Morgan fingerprint density at radius 1 is 1.00 bits per heavy atom. The van der Waals surface area contributed by atoms with Gasteiger partial charge in [0.1, 0.15) is 11.3 Å². The van der Waals surface area contributed by atoms with E-state index >= 15 is 0 Å². The molecule has 0 aliphatic heterocycles. The lowest BCUT2D eigenvalue weighted by atomic mass is 10.1. The maximum absolute atomic E-state index is 4.63. The second-order valence-corrected chi connectivity index (χ2v) is 8.65. The first-order chi connectivity index (χ1) is 16.5. The van der Waals surface area contributed by atoms with Gasteiger partial charge in [-0.1, -0.05) is 0 Å². The summed E-state index contributed by atoms with van der Waals surface area (Å²) in [6, 6.07) is 8.49. The highest BCUT2D eigenvalue weighted by Crippen LogP contribution is 2.32. The van der Waals surface area contributed by atoms with Crippen molar-refractivity contribution in [2.24, 2.45) is 0 Å². The number of hydrogen-bond acceptors (Lipinski definition) is 6. The van der Waals surface area contributed by atoms with Crippen LogP contribution in [0.2, 0.25) is 0 Å². The number of nitrogens with one attached hydrogen (secondary N) is 3. The second-order valence-electron chi connectivity index (χ2n) is 8.65. The number of H-pyrrole nitrogens is 2. The fourth-order valence-electron chi connectivity index (χ4n) is 4.19. The number of nitrogens with zero attached hydrogens (tertiary/aromatic N) is 6. The van der Waals surface area contributed by atoms with E-state index in [-0.39, 0.29) is 0 Å². The molecule has 34 heavy (non-hydrogen) atoms. The quantitative estimate of drug-likeness (QED) is 0.346. The van der Waals surface area contributed by atoms with Crippen molar-refractivity contribution in [1.29, 1.82) is 0 Å². The number of pyridine rings is 3. The summed E-state index contributed by atoms with van der Waals surface area (Å²) >= 11 is 0. The van der Waals surface area contributed by atoms with E-state index in [1.165, 1.54) is 0 Å². The number of aryl methyl sites for hydroxylation is 1. The van der Waals surface area contributed by atoms with Crippen LogP contribution in [0.5, 0.6) is 0 Å². The molecule has 0 saturated carbocycles. The molecular formula is C25H23N9. The predicted molar refractivity (Wildman–Crippen MR) is 133 cm³/mol. The van der Waals surface area contributed by atoms with Crippen molar-refractivity contribution in [3.8, 4) is 28.3 Å². The summed E-state index contributed by atoms with van der Waals surface area (Å²) in [4.78, 5) is 21.3. The molecule has 0 spiro atoms. The van der Waals surface area contributed by atoms with Crippen LogP contribution in [-0.2, 0) is 0 Å². The Kier molecular flexibility index (Phi) is 4.61. The van der Waals surface area contributed by atoms with Crippen LogP contribution in [0.3, 0.4) is 0 Å². The Morgan fingerprint density at radius 3 is 2.74 bits per heavy atom. The normalized spacial score (nSPS) is 11.6. The van der Waals surface area contributed by atoms with Gasteiger partial charge in [0.15, 0.2) is 0 Å². The summed E-state index contributed by atoms with van der Waals surface area (Å²) in [5.74, 6) is 0. The molecular weight excluding hydrogens is 426 g/mol. The van der Waals surface area contributed by atoms with Crippen molar-refractivity contribution in [3.05, 3.63) is 67.3 Å². The largest absolute Gasteiger partial charge is 0.382 e. The molecule has 0 aliphatic carbocycles.